The fourth-order valence-corrected chi connectivity index (χ4v) is 2.32. The summed E-state index contributed by atoms with van der Waals surface area (Å²) in [6.07, 6.45) is 1.76. The Bertz CT molecular complexity index is 873. The van der Waals surface area contributed by atoms with E-state index >= 15 is 0 Å². The van der Waals surface area contributed by atoms with Gasteiger partial charge in [0.15, 0.2) is 23.3 Å². The van der Waals surface area contributed by atoms with Crippen LogP contribution >= 0.6 is 11.8 Å². The van der Waals surface area contributed by atoms with Crippen LogP contribution in [0.25, 0.3) is 11.3 Å². The molecule has 8 nitrogen and oxygen atoms in total. The number of nitrogens with zero attached hydrogens (tertiary/aromatic N) is 2. The molecule has 2 aromatic rings. The fourth-order valence-electron chi connectivity index (χ4n) is 1.94. The van der Waals surface area contributed by atoms with E-state index in [0.717, 1.165) is 0 Å². The predicted octanol–water partition coefficient (Wildman–Crippen LogP) is 0.903. The summed E-state index contributed by atoms with van der Waals surface area (Å²) in [4.78, 5) is 29.6. The van der Waals surface area contributed by atoms with Gasteiger partial charge < -0.3 is 20.2 Å². The molecular formula is C15H14N4O4S. The molecular weight excluding hydrogens is 332 g/mol. The van der Waals surface area contributed by atoms with Crippen LogP contribution in [0.15, 0.2) is 28.2 Å². The smallest absolute Gasteiger partial charge is 0.270 e. The van der Waals surface area contributed by atoms with Crippen molar-refractivity contribution >= 4 is 17.7 Å². The number of aromatic amines is 1. The zero-order valence-corrected chi connectivity index (χ0v) is 13.8. The molecule has 1 aromatic heterocycles. The van der Waals surface area contributed by atoms with E-state index in [4.69, 9.17) is 15.2 Å². The van der Waals surface area contributed by atoms with Crippen LogP contribution in [-0.2, 0) is 4.79 Å². The summed E-state index contributed by atoms with van der Waals surface area (Å²) >= 11 is 1.25. The van der Waals surface area contributed by atoms with E-state index in [1.165, 1.54) is 18.9 Å². The lowest BCUT2D eigenvalue weighted by molar-refractivity contribution is -0.119. The van der Waals surface area contributed by atoms with Crippen molar-refractivity contribution in [3.63, 3.8) is 0 Å². The first kappa shape index (κ1) is 17.4. The van der Waals surface area contributed by atoms with E-state index in [-0.39, 0.29) is 17.9 Å². The molecule has 0 aliphatic heterocycles. The number of amides is 1. The number of nitriles is 1. The average Bonchev–Trinajstić information content (AvgIpc) is 2.58. The standard InChI is InChI=1S/C15H14N4O4S/c1-22-11-5-8(3-4-10(11)23-7-12(17)20)13-9(6-16)14(21)19-15(18-13)24-2/h3-5H,7H2,1-2H3,(H2,17,20)(H,18,19,21). The monoisotopic (exact) mass is 346 g/mol. The quantitative estimate of drug-likeness (QED) is 0.587. The van der Waals surface area contributed by atoms with Crippen molar-refractivity contribution in [2.75, 3.05) is 20.0 Å². The van der Waals surface area contributed by atoms with Crippen LogP contribution < -0.4 is 20.8 Å². The fraction of sp³-hybridized carbons (Fsp3) is 0.200. The lowest BCUT2D eigenvalue weighted by Crippen LogP contribution is -2.20. The van der Waals surface area contributed by atoms with Crippen LogP contribution in [0.5, 0.6) is 11.5 Å². The van der Waals surface area contributed by atoms with Crippen molar-refractivity contribution in [2.24, 2.45) is 5.73 Å². The van der Waals surface area contributed by atoms with E-state index in [1.54, 1.807) is 24.5 Å². The number of thioether (sulfide) groups is 1. The van der Waals surface area contributed by atoms with E-state index in [2.05, 4.69) is 9.97 Å². The van der Waals surface area contributed by atoms with Crippen molar-refractivity contribution in [1.29, 1.82) is 5.26 Å². The Hall–Kier alpha value is -2.99. The maximum absolute atomic E-state index is 12.0. The van der Waals surface area contributed by atoms with E-state index in [9.17, 15) is 14.9 Å². The van der Waals surface area contributed by atoms with Crippen molar-refractivity contribution in [1.82, 2.24) is 9.97 Å². The van der Waals surface area contributed by atoms with Crippen LogP contribution in [0.1, 0.15) is 5.56 Å². The Morgan fingerprint density at radius 2 is 2.21 bits per heavy atom. The zero-order chi connectivity index (χ0) is 17.7. The Kier molecular flexibility index (Phi) is 5.44. The third-order valence-electron chi connectivity index (χ3n) is 3.01. The lowest BCUT2D eigenvalue weighted by Gasteiger charge is -2.12. The zero-order valence-electron chi connectivity index (χ0n) is 13.0. The molecule has 1 heterocycles. The summed E-state index contributed by atoms with van der Waals surface area (Å²) in [6, 6.07) is 6.60. The number of aromatic nitrogens is 2. The van der Waals surface area contributed by atoms with Gasteiger partial charge >= 0.3 is 0 Å². The molecule has 2 rings (SSSR count). The first-order valence-electron chi connectivity index (χ1n) is 6.68. The SMILES string of the molecule is COc1cc(-c2nc(SC)[nH]c(=O)c2C#N)ccc1OCC(N)=O. The first-order chi connectivity index (χ1) is 11.5. The number of hydrogen-bond acceptors (Lipinski definition) is 7. The normalized spacial score (nSPS) is 10.0. The van der Waals surface area contributed by atoms with Crippen molar-refractivity contribution in [2.45, 2.75) is 5.16 Å². The number of methoxy groups -OCH3 is 1. The van der Waals surface area contributed by atoms with Gasteiger partial charge in [0, 0.05) is 5.56 Å². The highest BCUT2D eigenvalue weighted by Gasteiger charge is 2.16. The summed E-state index contributed by atoms with van der Waals surface area (Å²) in [5, 5.41) is 9.62. The van der Waals surface area contributed by atoms with E-state index in [1.807, 2.05) is 6.07 Å². The van der Waals surface area contributed by atoms with Crippen molar-refractivity contribution in [3.05, 3.63) is 34.1 Å². The van der Waals surface area contributed by atoms with Gasteiger partial charge in [0.05, 0.1) is 12.8 Å². The molecule has 0 saturated heterocycles. The minimum Gasteiger partial charge on any atom is -0.493 e. The number of hydrogen-bond donors (Lipinski definition) is 2. The van der Waals surface area contributed by atoms with Gasteiger partial charge in [0.25, 0.3) is 11.5 Å². The summed E-state index contributed by atoms with van der Waals surface area (Å²) in [5.41, 5.74) is 5.19. The maximum Gasteiger partial charge on any atom is 0.270 e. The number of rotatable bonds is 6. The van der Waals surface area contributed by atoms with Crippen molar-refractivity contribution < 1.29 is 14.3 Å². The number of nitrogens with one attached hydrogen (secondary N) is 1. The molecule has 0 saturated carbocycles. The van der Waals surface area contributed by atoms with Gasteiger partial charge in [-0.25, -0.2) is 4.98 Å². The third-order valence-corrected chi connectivity index (χ3v) is 3.59. The number of nitrogens with two attached hydrogens (primary N) is 1. The number of primary amides is 1. The highest BCUT2D eigenvalue weighted by atomic mass is 32.2. The van der Waals surface area contributed by atoms with Crippen LogP contribution in [0.2, 0.25) is 0 Å². The Morgan fingerprint density at radius 1 is 1.46 bits per heavy atom. The highest BCUT2D eigenvalue weighted by molar-refractivity contribution is 7.98. The Morgan fingerprint density at radius 3 is 2.79 bits per heavy atom. The van der Waals surface area contributed by atoms with Gasteiger partial charge in [0.1, 0.15) is 11.6 Å². The summed E-state index contributed by atoms with van der Waals surface area (Å²) in [7, 11) is 1.43. The molecule has 0 unspecified atom stereocenters. The van der Waals surface area contributed by atoms with Gasteiger partial charge in [-0.05, 0) is 24.5 Å². The van der Waals surface area contributed by atoms with Gasteiger partial charge in [-0.15, -0.1) is 0 Å². The molecule has 0 radical (unpaired) electrons. The predicted molar refractivity (Wildman–Crippen MR) is 88.0 cm³/mol. The maximum atomic E-state index is 12.0. The summed E-state index contributed by atoms with van der Waals surface area (Å²) in [6.45, 7) is -0.293. The third kappa shape index (κ3) is 3.67. The Labute approximate surface area is 141 Å². The molecule has 0 spiro atoms. The molecule has 3 N–H and O–H groups in total. The number of benzene rings is 1. The molecule has 1 aromatic carbocycles. The molecule has 0 atom stereocenters. The molecule has 0 aliphatic carbocycles. The molecule has 1 amide bonds. The summed E-state index contributed by atoms with van der Waals surface area (Å²) in [5.74, 6) is 0.0210. The van der Waals surface area contributed by atoms with E-state index < -0.39 is 11.5 Å². The average molecular weight is 346 g/mol. The minimum atomic E-state index is -0.617. The van der Waals surface area contributed by atoms with Gasteiger partial charge in [-0.1, -0.05) is 11.8 Å². The second-order valence-electron chi connectivity index (χ2n) is 4.53. The molecule has 0 fully saturated rings. The second-order valence-corrected chi connectivity index (χ2v) is 5.33. The van der Waals surface area contributed by atoms with Crippen LogP contribution in [0, 0.1) is 11.3 Å². The molecule has 124 valence electrons. The first-order valence-corrected chi connectivity index (χ1v) is 7.90. The number of carbonyl (C=O) groups is 1. The van der Waals surface area contributed by atoms with Crippen LogP contribution in [0.4, 0.5) is 0 Å². The van der Waals surface area contributed by atoms with Gasteiger partial charge in [-0.2, -0.15) is 5.26 Å². The Balaban J connectivity index is 2.54. The molecule has 0 bridgehead atoms. The van der Waals surface area contributed by atoms with Gasteiger partial charge in [0.2, 0.25) is 0 Å². The lowest BCUT2D eigenvalue weighted by atomic mass is 10.1. The second kappa shape index (κ2) is 7.52. The minimum absolute atomic E-state index is 0.0966. The summed E-state index contributed by atoms with van der Waals surface area (Å²) < 4.78 is 10.5. The van der Waals surface area contributed by atoms with Crippen LogP contribution in [0.3, 0.4) is 0 Å². The number of ether oxygens (including phenoxy) is 2. The van der Waals surface area contributed by atoms with Gasteiger partial charge in [-0.3, -0.25) is 9.59 Å². The van der Waals surface area contributed by atoms with Crippen molar-refractivity contribution in [3.8, 4) is 28.8 Å². The topological polar surface area (TPSA) is 131 Å². The molecule has 24 heavy (non-hydrogen) atoms. The molecule has 9 heteroatoms. The highest BCUT2D eigenvalue weighted by Crippen LogP contribution is 2.32. The number of H-pyrrole nitrogens is 1. The molecule has 0 aliphatic rings. The number of carbonyl (C=O) groups excluding carboxylic acids is 1. The van der Waals surface area contributed by atoms with Crippen LogP contribution in [-0.4, -0.2) is 35.8 Å². The van der Waals surface area contributed by atoms with E-state index in [0.29, 0.717) is 22.2 Å². The largest absolute Gasteiger partial charge is 0.493 e.